The summed E-state index contributed by atoms with van der Waals surface area (Å²) in [4.78, 5) is 43.9. The molecule has 0 bridgehead atoms. The quantitative estimate of drug-likeness (QED) is 0.367. The number of hydrogen-bond donors (Lipinski definition) is 4. The molecule has 0 spiro atoms. The van der Waals surface area contributed by atoms with E-state index in [9.17, 15) is 24.3 Å². The molecule has 0 aromatic carbocycles. The van der Waals surface area contributed by atoms with E-state index in [4.69, 9.17) is 15.3 Å². The fraction of sp³-hybridized carbons (Fsp3) is 0.692. The van der Waals surface area contributed by atoms with Crippen molar-refractivity contribution in [2.24, 2.45) is 0 Å². The van der Waals surface area contributed by atoms with E-state index < -0.39 is 37.3 Å². The van der Waals surface area contributed by atoms with E-state index in [1.54, 1.807) is 0 Å². The van der Waals surface area contributed by atoms with Gasteiger partial charge in [-0.2, -0.15) is 0 Å². The van der Waals surface area contributed by atoms with Crippen LogP contribution in [0.15, 0.2) is 0 Å². The van der Waals surface area contributed by atoms with Crippen molar-refractivity contribution in [2.75, 3.05) is 25.5 Å². The number of hydrogen-bond acceptors (Lipinski definition) is 5. The first kappa shape index (κ1) is 21.3. The summed E-state index contributed by atoms with van der Waals surface area (Å²) in [7, 11) is -1.39. The van der Waals surface area contributed by atoms with E-state index in [0.29, 0.717) is 0 Å². The van der Waals surface area contributed by atoms with Gasteiger partial charge in [-0.15, -0.1) is 0 Å². The normalized spacial score (nSPS) is 13.5. The molecule has 0 aliphatic carbocycles. The molecule has 23 heavy (non-hydrogen) atoms. The Kier molecular flexibility index (Phi) is 8.71. The van der Waals surface area contributed by atoms with Gasteiger partial charge in [0.2, 0.25) is 0 Å². The van der Waals surface area contributed by atoms with E-state index in [1.165, 1.54) is 18.6 Å². The van der Waals surface area contributed by atoms with Crippen LogP contribution in [0.3, 0.4) is 0 Å². The second-order valence-corrected chi connectivity index (χ2v) is 10.2. The summed E-state index contributed by atoms with van der Waals surface area (Å²) < 4.78 is 1.52. The van der Waals surface area contributed by atoms with Crippen LogP contribution in [0.4, 0.5) is 0 Å². The second kappa shape index (κ2) is 9.42. The average molecular weight is 353 g/mol. The molecule has 4 N–H and O–H groups in total. The zero-order chi connectivity index (χ0) is 18.2. The molecule has 0 rings (SSSR count). The Morgan fingerprint density at radius 1 is 0.826 bits per heavy atom. The number of rotatable bonds is 12. The Bertz CT molecular complexity index is 421. The van der Waals surface area contributed by atoms with Gasteiger partial charge in [0.05, 0.1) is 0 Å². The Hall–Kier alpha value is -1.73. The third kappa shape index (κ3) is 7.38. The Morgan fingerprint density at radius 3 is 1.35 bits per heavy atom. The fourth-order valence-corrected chi connectivity index (χ4v) is 7.28. The number of carbonyl (C=O) groups is 4. The van der Waals surface area contributed by atoms with Crippen LogP contribution in [0, 0.1) is 0 Å². The van der Waals surface area contributed by atoms with Gasteiger partial charge >= 0.3 is 133 Å². The summed E-state index contributed by atoms with van der Waals surface area (Å²) in [6.45, 7) is 1.42. The standard InChI is InChI=1S/C13H24NO8P/c1-9(13(21)22)14(2)23(6-3-10(15)16,7-4-11(17)18)8-5-12(19)20/h9,23H,3-8H2,1-2H3,(H,15,16)(H,17,18)(H,19,20)(H,21,22)/t9-/m0/s1. The van der Waals surface area contributed by atoms with Crippen LogP contribution in [-0.4, -0.2) is 80.5 Å². The first-order chi connectivity index (χ1) is 10.5. The topological polar surface area (TPSA) is 152 Å². The molecular weight excluding hydrogens is 329 g/mol. The van der Waals surface area contributed by atoms with Gasteiger partial charge in [-0.3, -0.25) is 0 Å². The molecule has 134 valence electrons. The van der Waals surface area contributed by atoms with Crippen molar-refractivity contribution in [2.45, 2.75) is 32.2 Å². The van der Waals surface area contributed by atoms with E-state index in [1.807, 2.05) is 0 Å². The number of nitrogens with zero attached hydrogens (tertiary/aromatic N) is 1. The molecule has 0 saturated heterocycles. The molecule has 1 atom stereocenters. The molecule has 0 aromatic rings. The van der Waals surface area contributed by atoms with Crippen molar-refractivity contribution >= 4 is 31.3 Å². The van der Waals surface area contributed by atoms with Crippen LogP contribution < -0.4 is 0 Å². The summed E-state index contributed by atoms with van der Waals surface area (Å²) >= 11 is 0. The maximum atomic E-state index is 11.2. The summed E-state index contributed by atoms with van der Waals surface area (Å²) in [6.07, 6.45) is -0.419. The van der Waals surface area contributed by atoms with Gasteiger partial charge in [0.1, 0.15) is 0 Å². The van der Waals surface area contributed by atoms with E-state index in [-0.39, 0.29) is 37.7 Å². The first-order valence-corrected chi connectivity index (χ1v) is 9.70. The SMILES string of the molecule is C[C@@H](C(=O)O)N(C)[PH](CCC(=O)O)(CCC(=O)O)CCC(=O)O. The molecule has 9 nitrogen and oxygen atoms in total. The minimum atomic E-state index is -2.90. The van der Waals surface area contributed by atoms with Gasteiger partial charge < -0.3 is 0 Å². The summed E-state index contributed by atoms with van der Waals surface area (Å²) in [5.74, 6) is -4.36. The number of carboxylic acids is 4. The van der Waals surface area contributed by atoms with Gasteiger partial charge in [-0.05, 0) is 0 Å². The summed E-state index contributed by atoms with van der Waals surface area (Å²) in [5, 5.41) is 35.9. The number of aliphatic carboxylic acids is 4. The predicted molar refractivity (Wildman–Crippen MR) is 84.5 cm³/mol. The molecular formula is C13H24NO8P. The number of likely N-dealkylation sites (N-methyl/N-ethyl adjacent to an activating group) is 1. The fourth-order valence-electron chi connectivity index (χ4n) is 2.50. The molecule has 0 fully saturated rings. The van der Waals surface area contributed by atoms with E-state index in [0.717, 1.165) is 0 Å². The molecule has 10 heteroatoms. The van der Waals surface area contributed by atoms with E-state index >= 15 is 0 Å². The molecule has 0 saturated carbocycles. The minimum absolute atomic E-state index is 0.108. The van der Waals surface area contributed by atoms with Crippen molar-refractivity contribution in [1.29, 1.82) is 0 Å². The molecule has 0 aliphatic heterocycles. The van der Waals surface area contributed by atoms with Crippen molar-refractivity contribution in [1.82, 2.24) is 4.67 Å². The van der Waals surface area contributed by atoms with E-state index in [2.05, 4.69) is 0 Å². The second-order valence-electron chi connectivity index (χ2n) is 5.53. The van der Waals surface area contributed by atoms with Crippen LogP contribution >= 0.6 is 7.41 Å². The number of carboxylic acid groups (broad SMARTS) is 4. The van der Waals surface area contributed by atoms with Gasteiger partial charge in [-0.25, -0.2) is 0 Å². The average Bonchev–Trinajstić information content (AvgIpc) is 2.44. The zero-order valence-electron chi connectivity index (χ0n) is 13.2. The van der Waals surface area contributed by atoms with Gasteiger partial charge in [0.25, 0.3) is 0 Å². The Morgan fingerprint density at radius 2 is 1.13 bits per heavy atom. The van der Waals surface area contributed by atoms with Crippen LogP contribution in [-0.2, 0) is 19.2 Å². The van der Waals surface area contributed by atoms with Crippen LogP contribution in [0.5, 0.6) is 0 Å². The van der Waals surface area contributed by atoms with Crippen LogP contribution in [0.1, 0.15) is 26.2 Å². The third-order valence-electron chi connectivity index (χ3n) is 4.10. The van der Waals surface area contributed by atoms with Crippen LogP contribution in [0.25, 0.3) is 0 Å². The summed E-state index contributed by atoms with van der Waals surface area (Å²) in [5.41, 5.74) is 0. The van der Waals surface area contributed by atoms with Gasteiger partial charge in [0, 0.05) is 0 Å². The van der Waals surface area contributed by atoms with Crippen molar-refractivity contribution in [3.8, 4) is 0 Å². The van der Waals surface area contributed by atoms with Crippen LogP contribution in [0.2, 0.25) is 0 Å². The first-order valence-electron chi connectivity index (χ1n) is 7.13. The Labute approximate surface area is 134 Å². The third-order valence-corrected chi connectivity index (χ3v) is 9.53. The predicted octanol–water partition coefficient (Wildman–Crippen LogP) is 0.480. The zero-order valence-corrected chi connectivity index (χ0v) is 14.2. The van der Waals surface area contributed by atoms with Crippen molar-refractivity contribution < 1.29 is 39.6 Å². The molecule has 0 heterocycles. The van der Waals surface area contributed by atoms with Gasteiger partial charge in [0.15, 0.2) is 0 Å². The monoisotopic (exact) mass is 353 g/mol. The molecule has 0 aliphatic rings. The Balaban J connectivity index is 5.56. The van der Waals surface area contributed by atoms with Gasteiger partial charge in [-0.1, -0.05) is 0 Å². The molecule has 0 radical (unpaired) electrons. The molecule has 0 amide bonds. The summed E-state index contributed by atoms with van der Waals surface area (Å²) in [6, 6.07) is -0.946. The maximum absolute atomic E-state index is 11.2. The van der Waals surface area contributed by atoms with Crippen molar-refractivity contribution in [3.63, 3.8) is 0 Å². The van der Waals surface area contributed by atoms with Crippen molar-refractivity contribution in [3.05, 3.63) is 0 Å². The molecule has 0 unspecified atom stereocenters. The molecule has 0 aromatic heterocycles.